The van der Waals surface area contributed by atoms with Crippen molar-refractivity contribution in [1.82, 2.24) is 10.2 Å². The van der Waals surface area contributed by atoms with Gasteiger partial charge in [0.15, 0.2) is 0 Å². The first-order valence-corrected chi connectivity index (χ1v) is 6.95. The molecule has 0 aromatic rings. The average molecular weight is 284 g/mol. The minimum Gasteiger partial charge on any atom is -0.481 e. The molecular weight excluding hydrogens is 264 g/mol. The molecular formula is C13H20N2O5. The third-order valence-electron chi connectivity index (χ3n) is 3.81. The molecule has 0 saturated carbocycles. The Hall–Kier alpha value is -1.63. The molecule has 20 heavy (non-hydrogen) atoms. The molecule has 0 aromatic carbocycles. The quantitative estimate of drug-likeness (QED) is 0.716. The highest BCUT2D eigenvalue weighted by Crippen LogP contribution is 2.22. The highest BCUT2D eigenvalue weighted by atomic mass is 16.5. The van der Waals surface area contributed by atoms with E-state index < -0.39 is 24.0 Å². The molecule has 2 amide bonds. The van der Waals surface area contributed by atoms with Crippen LogP contribution in [0.1, 0.15) is 26.2 Å². The Kier molecular flexibility index (Phi) is 4.59. The summed E-state index contributed by atoms with van der Waals surface area (Å²) >= 11 is 0. The lowest BCUT2D eigenvalue weighted by atomic mass is 10.0. The maximum atomic E-state index is 12.5. The molecule has 0 aliphatic carbocycles. The summed E-state index contributed by atoms with van der Waals surface area (Å²) in [5.41, 5.74) is 0. The Balaban J connectivity index is 2.11. The van der Waals surface area contributed by atoms with Crippen molar-refractivity contribution in [3.8, 4) is 0 Å². The van der Waals surface area contributed by atoms with Crippen LogP contribution >= 0.6 is 0 Å². The predicted octanol–water partition coefficient (Wildman–Crippen LogP) is -0.397. The van der Waals surface area contributed by atoms with E-state index in [0.717, 1.165) is 6.42 Å². The molecule has 2 rings (SSSR count). The van der Waals surface area contributed by atoms with Crippen molar-refractivity contribution in [1.29, 1.82) is 0 Å². The topological polar surface area (TPSA) is 95.9 Å². The largest absolute Gasteiger partial charge is 0.481 e. The number of carboxylic acids is 1. The Bertz CT molecular complexity index is 412. The molecule has 2 saturated heterocycles. The molecule has 7 nitrogen and oxygen atoms in total. The van der Waals surface area contributed by atoms with Crippen molar-refractivity contribution in [3.63, 3.8) is 0 Å². The van der Waals surface area contributed by atoms with Crippen molar-refractivity contribution in [3.05, 3.63) is 0 Å². The zero-order valence-corrected chi connectivity index (χ0v) is 11.5. The third kappa shape index (κ3) is 2.92. The number of carbonyl (C=O) groups excluding carboxylic acids is 2. The Labute approximate surface area is 117 Å². The van der Waals surface area contributed by atoms with Gasteiger partial charge in [0.05, 0.1) is 19.3 Å². The fraction of sp³-hybridized carbons (Fsp3) is 0.769. The van der Waals surface area contributed by atoms with Gasteiger partial charge in [-0.25, -0.2) is 0 Å². The fourth-order valence-electron chi connectivity index (χ4n) is 2.77. The molecule has 0 bridgehead atoms. The van der Waals surface area contributed by atoms with E-state index in [9.17, 15) is 19.5 Å². The van der Waals surface area contributed by atoms with Crippen LogP contribution in [0.3, 0.4) is 0 Å². The molecule has 2 heterocycles. The summed E-state index contributed by atoms with van der Waals surface area (Å²) in [6.45, 7) is 2.77. The summed E-state index contributed by atoms with van der Waals surface area (Å²) in [5.74, 6) is -1.96. The second-order valence-electron chi connectivity index (χ2n) is 5.24. The zero-order valence-electron chi connectivity index (χ0n) is 11.5. The highest BCUT2D eigenvalue weighted by molar-refractivity contribution is 5.91. The monoisotopic (exact) mass is 284 g/mol. The van der Waals surface area contributed by atoms with Crippen LogP contribution in [0.25, 0.3) is 0 Å². The number of nitrogens with zero attached hydrogens (tertiary/aromatic N) is 1. The van der Waals surface area contributed by atoms with Gasteiger partial charge in [-0.1, -0.05) is 6.92 Å². The normalized spacial score (nSPS) is 29.2. The van der Waals surface area contributed by atoms with E-state index in [1.807, 2.05) is 6.92 Å². The van der Waals surface area contributed by atoms with Crippen molar-refractivity contribution < 1.29 is 24.2 Å². The van der Waals surface area contributed by atoms with Gasteiger partial charge in [0, 0.05) is 13.0 Å². The van der Waals surface area contributed by atoms with Crippen LogP contribution in [0.5, 0.6) is 0 Å². The molecule has 2 aliphatic rings. The van der Waals surface area contributed by atoms with Crippen molar-refractivity contribution in [2.24, 2.45) is 5.92 Å². The van der Waals surface area contributed by atoms with Crippen molar-refractivity contribution >= 4 is 17.8 Å². The molecule has 112 valence electrons. The lowest BCUT2D eigenvalue weighted by Crippen LogP contribution is -2.52. The second-order valence-corrected chi connectivity index (χ2v) is 5.24. The van der Waals surface area contributed by atoms with Crippen LogP contribution in [0.4, 0.5) is 0 Å². The van der Waals surface area contributed by atoms with Crippen LogP contribution in [-0.4, -0.2) is 59.6 Å². The molecule has 0 spiro atoms. The summed E-state index contributed by atoms with van der Waals surface area (Å²) in [5, 5.41) is 11.8. The number of carbonyl (C=O) groups is 3. The summed E-state index contributed by atoms with van der Waals surface area (Å²) in [4.78, 5) is 36.5. The Morgan fingerprint density at radius 1 is 1.45 bits per heavy atom. The first kappa shape index (κ1) is 14.8. The zero-order chi connectivity index (χ0) is 14.7. The van der Waals surface area contributed by atoms with E-state index in [4.69, 9.17) is 4.74 Å². The molecule has 2 N–H and O–H groups in total. The number of ether oxygens (including phenoxy) is 1. The molecule has 2 fully saturated rings. The molecule has 3 atom stereocenters. The van der Waals surface area contributed by atoms with E-state index in [-0.39, 0.29) is 25.0 Å². The number of amides is 2. The van der Waals surface area contributed by atoms with E-state index in [1.165, 1.54) is 0 Å². The minimum atomic E-state index is -0.947. The standard InChI is InChI=1S/C13H20N2O5/c1-2-5-15(10-7-20-6-8(10)13(18)19)12(17)9-3-4-11(16)14-9/h8-10H,2-7H2,1H3,(H,14,16)(H,18,19)/t8?,9-,10?/m1/s1. The number of hydrogen-bond donors (Lipinski definition) is 2. The molecule has 0 radical (unpaired) electrons. The van der Waals surface area contributed by atoms with Gasteiger partial charge in [-0.05, 0) is 12.8 Å². The summed E-state index contributed by atoms with van der Waals surface area (Å²) in [6.07, 6.45) is 1.55. The summed E-state index contributed by atoms with van der Waals surface area (Å²) in [7, 11) is 0. The van der Waals surface area contributed by atoms with Gasteiger partial charge in [-0.3, -0.25) is 14.4 Å². The van der Waals surface area contributed by atoms with Crippen LogP contribution in [-0.2, 0) is 19.1 Å². The molecule has 0 aromatic heterocycles. The van der Waals surface area contributed by atoms with Crippen LogP contribution in [0, 0.1) is 5.92 Å². The maximum Gasteiger partial charge on any atom is 0.311 e. The Morgan fingerprint density at radius 3 is 2.75 bits per heavy atom. The molecule has 2 aliphatic heterocycles. The number of nitrogens with one attached hydrogen (secondary N) is 1. The van der Waals surface area contributed by atoms with Gasteiger partial charge in [-0.2, -0.15) is 0 Å². The number of rotatable bonds is 5. The first-order valence-electron chi connectivity index (χ1n) is 6.95. The maximum absolute atomic E-state index is 12.5. The second kappa shape index (κ2) is 6.21. The lowest BCUT2D eigenvalue weighted by molar-refractivity contribution is -0.146. The summed E-state index contributed by atoms with van der Waals surface area (Å²) < 4.78 is 5.23. The van der Waals surface area contributed by atoms with Gasteiger partial charge >= 0.3 is 5.97 Å². The molecule has 2 unspecified atom stereocenters. The smallest absolute Gasteiger partial charge is 0.311 e. The highest BCUT2D eigenvalue weighted by Gasteiger charge is 2.42. The first-order chi connectivity index (χ1) is 9.54. The third-order valence-corrected chi connectivity index (χ3v) is 3.81. The van der Waals surface area contributed by atoms with E-state index in [2.05, 4.69) is 5.32 Å². The minimum absolute atomic E-state index is 0.128. The van der Waals surface area contributed by atoms with Gasteiger partial charge in [0.25, 0.3) is 0 Å². The van der Waals surface area contributed by atoms with E-state index in [1.54, 1.807) is 4.90 Å². The van der Waals surface area contributed by atoms with E-state index >= 15 is 0 Å². The van der Waals surface area contributed by atoms with Gasteiger partial charge in [-0.15, -0.1) is 0 Å². The number of hydrogen-bond acceptors (Lipinski definition) is 4. The SMILES string of the molecule is CCCN(C(=O)[C@H]1CCC(=O)N1)C1COCC1C(=O)O. The van der Waals surface area contributed by atoms with Crippen LogP contribution in [0.15, 0.2) is 0 Å². The predicted molar refractivity (Wildman–Crippen MR) is 68.9 cm³/mol. The van der Waals surface area contributed by atoms with Gasteiger partial charge in [0.2, 0.25) is 11.8 Å². The van der Waals surface area contributed by atoms with Crippen molar-refractivity contribution in [2.75, 3.05) is 19.8 Å². The number of aliphatic carboxylic acids is 1. The Morgan fingerprint density at radius 2 is 2.20 bits per heavy atom. The number of carboxylic acid groups (broad SMARTS) is 1. The van der Waals surface area contributed by atoms with E-state index in [0.29, 0.717) is 19.4 Å². The average Bonchev–Trinajstić information content (AvgIpc) is 3.03. The van der Waals surface area contributed by atoms with Crippen molar-refractivity contribution in [2.45, 2.75) is 38.3 Å². The van der Waals surface area contributed by atoms with Gasteiger partial charge < -0.3 is 20.1 Å². The summed E-state index contributed by atoms with van der Waals surface area (Å²) in [6, 6.07) is -0.971. The molecule has 7 heteroatoms. The van der Waals surface area contributed by atoms with Gasteiger partial charge in [0.1, 0.15) is 12.0 Å². The van der Waals surface area contributed by atoms with Crippen LogP contribution in [0.2, 0.25) is 0 Å². The van der Waals surface area contributed by atoms with Crippen LogP contribution < -0.4 is 5.32 Å². The fourth-order valence-corrected chi connectivity index (χ4v) is 2.77. The lowest BCUT2D eigenvalue weighted by Gasteiger charge is -2.32.